The van der Waals surface area contributed by atoms with E-state index in [1.807, 2.05) is 30.0 Å². The molecular weight excluding hydrogens is 320 g/mol. The smallest absolute Gasteiger partial charge is 0.290 e. The van der Waals surface area contributed by atoms with Crippen LogP contribution >= 0.6 is 15.9 Å². The van der Waals surface area contributed by atoms with Crippen molar-refractivity contribution in [1.82, 2.24) is 4.90 Å². The van der Waals surface area contributed by atoms with Crippen molar-refractivity contribution in [2.24, 2.45) is 5.73 Å². The lowest BCUT2D eigenvalue weighted by Crippen LogP contribution is -2.40. The Morgan fingerprint density at radius 2 is 2.35 bits per heavy atom. The Hall–Kier alpha value is -1.33. The minimum absolute atomic E-state index is 0.0391. The van der Waals surface area contributed by atoms with E-state index in [1.165, 1.54) is 0 Å². The van der Waals surface area contributed by atoms with Gasteiger partial charge in [0.1, 0.15) is 5.58 Å². The fourth-order valence-corrected chi connectivity index (χ4v) is 3.24. The minimum atomic E-state index is -0.0391. The molecule has 1 aliphatic rings. The predicted octanol–water partition coefficient (Wildman–Crippen LogP) is 3.07. The summed E-state index contributed by atoms with van der Waals surface area (Å²) in [5.74, 6) is 0.404. The monoisotopic (exact) mass is 336 g/mol. The zero-order chi connectivity index (χ0) is 14.3. The third-order valence-electron chi connectivity index (χ3n) is 4.00. The van der Waals surface area contributed by atoms with Gasteiger partial charge in [-0.15, -0.1) is 0 Å². The summed E-state index contributed by atoms with van der Waals surface area (Å²) >= 11 is 3.45. The highest BCUT2D eigenvalue weighted by atomic mass is 79.9. The number of hydrogen-bond donors (Lipinski definition) is 1. The van der Waals surface area contributed by atoms with Crippen molar-refractivity contribution in [3.05, 3.63) is 34.0 Å². The zero-order valence-electron chi connectivity index (χ0n) is 11.4. The number of amides is 1. The molecule has 4 nitrogen and oxygen atoms in total. The van der Waals surface area contributed by atoms with Crippen molar-refractivity contribution < 1.29 is 9.21 Å². The van der Waals surface area contributed by atoms with Gasteiger partial charge in [0, 0.05) is 34.6 Å². The number of aryl methyl sites for hydroxylation is 1. The quantitative estimate of drug-likeness (QED) is 0.916. The van der Waals surface area contributed by atoms with E-state index in [1.54, 1.807) is 0 Å². The molecule has 0 spiro atoms. The van der Waals surface area contributed by atoms with Crippen LogP contribution in [0.1, 0.15) is 29.0 Å². The van der Waals surface area contributed by atoms with Crippen LogP contribution in [0.15, 0.2) is 27.1 Å². The van der Waals surface area contributed by atoms with E-state index in [2.05, 4.69) is 15.9 Å². The van der Waals surface area contributed by atoms with Crippen LogP contribution in [0.3, 0.4) is 0 Å². The van der Waals surface area contributed by atoms with Crippen LogP contribution < -0.4 is 5.73 Å². The van der Waals surface area contributed by atoms with Gasteiger partial charge in [-0.25, -0.2) is 0 Å². The first-order valence-corrected chi connectivity index (χ1v) is 7.61. The van der Waals surface area contributed by atoms with Gasteiger partial charge in [0.05, 0.1) is 0 Å². The molecular formula is C15H17BrN2O2. The highest BCUT2D eigenvalue weighted by Crippen LogP contribution is 2.30. The summed E-state index contributed by atoms with van der Waals surface area (Å²) in [7, 11) is 0. The molecule has 106 valence electrons. The molecule has 1 saturated heterocycles. The van der Waals surface area contributed by atoms with Gasteiger partial charge in [-0.2, -0.15) is 0 Å². The number of rotatable bonds is 2. The number of carbonyl (C=O) groups is 1. The Bertz CT molecular complexity index is 665. The van der Waals surface area contributed by atoms with Crippen LogP contribution in [-0.4, -0.2) is 29.9 Å². The fourth-order valence-electron chi connectivity index (χ4n) is 2.88. The van der Waals surface area contributed by atoms with E-state index in [-0.39, 0.29) is 11.9 Å². The normalized spacial score (nSPS) is 18.9. The molecule has 1 aromatic carbocycles. The van der Waals surface area contributed by atoms with Crippen molar-refractivity contribution >= 4 is 32.8 Å². The van der Waals surface area contributed by atoms with Crippen LogP contribution in [-0.2, 0) is 0 Å². The molecule has 1 unspecified atom stereocenters. The summed E-state index contributed by atoms with van der Waals surface area (Å²) in [6.45, 7) is 3.20. The van der Waals surface area contributed by atoms with Gasteiger partial charge < -0.3 is 15.1 Å². The maximum Gasteiger partial charge on any atom is 0.290 e. The third-order valence-corrected chi connectivity index (χ3v) is 4.50. The number of nitrogens with zero attached hydrogens (tertiary/aromatic N) is 1. The van der Waals surface area contributed by atoms with E-state index >= 15 is 0 Å². The van der Waals surface area contributed by atoms with Crippen LogP contribution in [0.25, 0.3) is 11.0 Å². The van der Waals surface area contributed by atoms with Crippen molar-refractivity contribution in [3.63, 3.8) is 0 Å². The highest BCUT2D eigenvalue weighted by Gasteiger charge is 2.31. The Morgan fingerprint density at radius 1 is 1.55 bits per heavy atom. The number of hydrogen-bond acceptors (Lipinski definition) is 3. The van der Waals surface area contributed by atoms with E-state index in [4.69, 9.17) is 10.2 Å². The molecule has 2 N–H and O–H groups in total. The number of halogens is 1. The summed E-state index contributed by atoms with van der Waals surface area (Å²) in [6.07, 6.45) is 1.99. The number of furan rings is 1. The molecule has 2 heterocycles. The minimum Gasteiger partial charge on any atom is -0.451 e. The molecule has 2 aromatic rings. The van der Waals surface area contributed by atoms with E-state index < -0.39 is 0 Å². The van der Waals surface area contributed by atoms with Crippen molar-refractivity contribution in [1.29, 1.82) is 0 Å². The molecule has 1 aromatic heterocycles. The van der Waals surface area contributed by atoms with Gasteiger partial charge >= 0.3 is 0 Å². The summed E-state index contributed by atoms with van der Waals surface area (Å²) in [5.41, 5.74) is 7.39. The first-order chi connectivity index (χ1) is 9.61. The van der Waals surface area contributed by atoms with Crippen molar-refractivity contribution in [3.8, 4) is 0 Å². The number of fused-ring (bicyclic) bond motifs is 1. The maximum atomic E-state index is 12.7. The second kappa shape index (κ2) is 5.22. The van der Waals surface area contributed by atoms with E-state index in [0.717, 1.165) is 40.4 Å². The van der Waals surface area contributed by atoms with Crippen molar-refractivity contribution in [2.45, 2.75) is 25.8 Å². The number of likely N-dealkylation sites (tertiary alicyclic amines) is 1. The molecule has 5 heteroatoms. The summed E-state index contributed by atoms with van der Waals surface area (Å²) < 4.78 is 6.75. The molecule has 0 saturated carbocycles. The number of benzene rings is 1. The van der Waals surface area contributed by atoms with Crippen LogP contribution in [0.5, 0.6) is 0 Å². The average molecular weight is 337 g/mol. The highest BCUT2D eigenvalue weighted by molar-refractivity contribution is 9.10. The Kier molecular flexibility index (Phi) is 3.56. The molecule has 1 atom stereocenters. The molecule has 0 radical (unpaired) electrons. The SMILES string of the molecule is Cc1c(C(=O)N2CCCC2CN)oc2ccc(Br)cc12. The Balaban J connectivity index is 2.01. The lowest BCUT2D eigenvalue weighted by Gasteiger charge is -2.22. The molecule has 3 rings (SSSR count). The molecule has 0 aliphatic carbocycles. The standard InChI is InChI=1S/C15H17BrN2O2/c1-9-12-7-10(16)4-5-13(12)20-14(9)15(19)18-6-2-3-11(18)8-17/h4-5,7,11H,2-3,6,8,17H2,1H3. The largest absolute Gasteiger partial charge is 0.451 e. The average Bonchev–Trinajstić information content (AvgIpc) is 3.03. The summed E-state index contributed by atoms with van der Waals surface area (Å²) in [6, 6.07) is 5.92. The summed E-state index contributed by atoms with van der Waals surface area (Å²) in [5, 5.41) is 0.978. The first kappa shape index (κ1) is 13.6. The van der Waals surface area contributed by atoms with Gasteiger partial charge in [0.15, 0.2) is 5.76 Å². The fraction of sp³-hybridized carbons (Fsp3) is 0.400. The Morgan fingerprint density at radius 3 is 3.10 bits per heavy atom. The van der Waals surface area contributed by atoms with Crippen LogP contribution in [0.2, 0.25) is 0 Å². The lowest BCUT2D eigenvalue weighted by atomic mass is 10.1. The number of carbonyl (C=O) groups excluding carboxylic acids is 1. The van der Waals surface area contributed by atoms with Gasteiger partial charge in [-0.3, -0.25) is 4.79 Å². The zero-order valence-corrected chi connectivity index (χ0v) is 12.9. The molecule has 0 bridgehead atoms. The van der Waals surface area contributed by atoms with E-state index in [9.17, 15) is 4.79 Å². The van der Waals surface area contributed by atoms with Gasteiger partial charge in [-0.05, 0) is 38.0 Å². The van der Waals surface area contributed by atoms with Gasteiger partial charge in [-0.1, -0.05) is 15.9 Å². The summed E-state index contributed by atoms with van der Waals surface area (Å²) in [4.78, 5) is 14.5. The third kappa shape index (κ3) is 2.15. The van der Waals surface area contributed by atoms with Gasteiger partial charge in [0.2, 0.25) is 0 Å². The second-order valence-corrected chi connectivity index (χ2v) is 6.14. The molecule has 1 amide bonds. The topological polar surface area (TPSA) is 59.5 Å². The molecule has 1 fully saturated rings. The van der Waals surface area contributed by atoms with Crippen molar-refractivity contribution in [2.75, 3.05) is 13.1 Å². The maximum absolute atomic E-state index is 12.7. The Labute approximate surface area is 126 Å². The number of nitrogens with two attached hydrogens (primary N) is 1. The second-order valence-electron chi connectivity index (χ2n) is 5.23. The predicted molar refractivity (Wildman–Crippen MR) is 81.8 cm³/mol. The molecule has 1 aliphatic heterocycles. The van der Waals surface area contributed by atoms with Gasteiger partial charge in [0.25, 0.3) is 5.91 Å². The first-order valence-electron chi connectivity index (χ1n) is 6.81. The van der Waals surface area contributed by atoms with Crippen LogP contribution in [0, 0.1) is 6.92 Å². The molecule has 20 heavy (non-hydrogen) atoms. The van der Waals surface area contributed by atoms with E-state index in [0.29, 0.717) is 12.3 Å². The lowest BCUT2D eigenvalue weighted by molar-refractivity contribution is 0.0710. The van der Waals surface area contributed by atoms with Crippen LogP contribution in [0.4, 0.5) is 0 Å².